The first-order valence-corrected chi connectivity index (χ1v) is 9.89. The Morgan fingerprint density at radius 3 is 2.57 bits per heavy atom. The molecule has 1 heterocycles. The maximum atomic E-state index is 13.9. The molecule has 1 aromatic heterocycles. The molecule has 0 fully saturated rings. The van der Waals surface area contributed by atoms with Crippen molar-refractivity contribution in [3.63, 3.8) is 0 Å². The van der Waals surface area contributed by atoms with Crippen molar-refractivity contribution in [1.29, 1.82) is 0 Å². The SMILES string of the molecule is Cc1cccc(C)c1-n1nnnc1SCC(=O)N(C)Cc1c(F)cccc1Cl. The Hall–Kier alpha value is -2.45. The summed E-state index contributed by atoms with van der Waals surface area (Å²) in [5, 5.41) is 12.7. The Morgan fingerprint density at radius 1 is 1.21 bits per heavy atom. The number of amides is 1. The zero-order chi connectivity index (χ0) is 20.3. The molecule has 0 aliphatic carbocycles. The van der Waals surface area contributed by atoms with Gasteiger partial charge >= 0.3 is 0 Å². The van der Waals surface area contributed by atoms with E-state index in [2.05, 4.69) is 15.5 Å². The first kappa shape index (κ1) is 20.3. The molecule has 0 saturated heterocycles. The van der Waals surface area contributed by atoms with Crippen LogP contribution >= 0.6 is 23.4 Å². The van der Waals surface area contributed by atoms with Crippen molar-refractivity contribution in [3.8, 4) is 5.69 Å². The smallest absolute Gasteiger partial charge is 0.233 e. The number of nitrogens with zero attached hydrogens (tertiary/aromatic N) is 5. The van der Waals surface area contributed by atoms with Crippen LogP contribution in [0.5, 0.6) is 0 Å². The third-order valence-corrected chi connectivity index (χ3v) is 5.56. The maximum absolute atomic E-state index is 13.9. The summed E-state index contributed by atoms with van der Waals surface area (Å²) in [7, 11) is 1.61. The van der Waals surface area contributed by atoms with Crippen LogP contribution in [0.4, 0.5) is 4.39 Å². The van der Waals surface area contributed by atoms with Crippen LogP contribution in [0.3, 0.4) is 0 Å². The number of aromatic nitrogens is 4. The van der Waals surface area contributed by atoms with Crippen molar-refractivity contribution in [2.45, 2.75) is 25.5 Å². The van der Waals surface area contributed by atoms with Crippen LogP contribution in [0, 0.1) is 19.7 Å². The lowest BCUT2D eigenvalue weighted by Gasteiger charge is -2.18. The molecule has 0 saturated carbocycles. The fourth-order valence-electron chi connectivity index (χ4n) is 2.79. The summed E-state index contributed by atoms with van der Waals surface area (Å²) in [4.78, 5) is 13.9. The first-order valence-electron chi connectivity index (χ1n) is 8.53. The van der Waals surface area contributed by atoms with Crippen molar-refractivity contribution in [2.75, 3.05) is 12.8 Å². The molecular weight excluding hydrogens is 401 g/mol. The van der Waals surface area contributed by atoms with Gasteiger partial charge in [0.1, 0.15) is 5.82 Å². The van der Waals surface area contributed by atoms with Crippen molar-refractivity contribution < 1.29 is 9.18 Å². The van der Waals surface area contributed by atoms with E-state index in [1.165, 1.54) is 28.8 Å². The minimum absolute atomic E-state index is 0.0900. The topological polar surface area (TPSA) is 63.9 Å². The number of aryl methyl sites for hydroxylation is 2. The molecule has 1 amide bonds. The van der Waals surface area contributed by atoms with Crippen molar-refractivity contribution in [2.24, 2.45) is 0 Å². The van der Waals surface area contributed by atoms with E-state index >= 15 is 0 Å². The van der Waals surface area contributed by atoms with Crippen LogP contribution in [-0.2, 0) is 11.3 Å². The first-order chi connectivity index (χ1) is 13.4. The number of benzene rings is 2. The second kappa shape index (κ2) is 8.70. The van der Waals surface area contributed by atoms with Gasteiger partial charge in [0.15, 0.2) is 0 Å². The van der Waals surface area contributed by atoms with Crippen molar-refractivity contribution in [3.05, 3.63) is 63.9 Å². The number of rotatable bonds is 6. The zero-order valence-corrected chi connectivity index (χ0v) is 17.3. The van der Waals surface area contributed by atoms with Gasteiger partial charge in [0.25, 0.3) is 0 Å². The minimum Gasteiger partial charge on any atom is -0.341 e. The molecule has 0 bridgehead atoms. The van der Waals surface area contributed by atoms with Gasteiger partial charge in [-0.05, 0) is 47.5 Å². The quantitative estimate of drug-likeness (QED) is 0.568. The third-order valence-electron chi connectivity index (χ3n) is 4.30. The number of halogens is 2. The molecule has 2 aromatic carbocycles. The molecule has 0 atom stereocenters. The number of carbonyl (C=O) groups is 1. The van der Waals surface area contributed by atoms with E-state index in [0.717, 1.165) is 16.8 Å². The molecule has 28 heavy (non-hydrogen) atoms. The van der Waals surface area contributed by atoms with Gasteiger partial charge in [-0.25, -0.2) is 4.39 Å². The lowest BCUT2D eigenvalue weighted by molar-refractivity contribution is -0.127. The number of hydrogen-bond donors (Lipinski definition) is 0. The molecule has 3 rings (SSSR count). The molecular formula is C19H19ClFN5OS. The molecule has 146 valence electrons. The third kappa shape index (κ3) is 4.34. The van der Waals surface area contributed by atoms with Gasteiger partial charge in [-0.1, -0.05) is 47.6 Å². The van der Waals surface area contributed by atoms with Crippen molar-refractivity contribution >= 4 is 29.3 Å². The zero-order valence-electron chi connectivity index (χ0n) is 15.7. The summed E-state index contributed by atoms with van der Waals surface area (Å²) in [6.45, 7) is 4.05. The van der Waals surface area contributed by atoms with Gasteiger partial charge in [0, 0.05) is 24.2 Å². The molecule has 0 aliphatic heterocycles. The summed E-state index contributed by atoms with van der Waals surface area (Å²) in [6, 6.07) is 10.4. The van der Waals surface area contributed by atoms with Crippen LogP contribution < -0.4 is 0 Å². The van der Waals surface area contributed by atoms with E-state index in [1.54, 1.807) is 17.8 Å². The van der Waals surface area contributed by atoms with Crippen LogP contribution in [0.2, 0.25) is 5.02 Å². The molecule has 0 N–H and O–H groups in total. The van der Waals surface area contributed by atoms with E-state index < -0.39 is 5.82 Å². The molecule has 0 spiro atoms. The van der Waals surface area contributed by atoms with Gasteiger partial charge in [0.2, 0.25) is 11.1 Å². The standard InChI is InChI=1S/C19H19ClFN5OS/c1-12-6-4-7-13(2)18(12)26-19(22-23-24-26)28-11-17(27)25(3)10-14-15(20)8-5-9-16(14)21/h4-9H,10-11H2,1-3H3. The van der Waals surface area contributed by atoms with Crippen LogP contribution in [0.1, 0.15) is 16.7 Å². The van der Waals surface area contributed by atoms with Gasteiger partial charge in [0.05, 0.1) is 11.4 Å². The number of carbonyl (C=O) groups excluding carboxylic acids is 1. The van der Waals surface area contributed by atoms with Crippen LogP contribution in [0.15, 0.2) is 41.6 Å². The monoisotopic (exact) mass is 419 g/mol. The Labute approximate surface area is 171 Å². The highest BCUT2D eigenvalue weighted by atomic mass is 35.5. The molecule has 0 radical (unpaired) electrons. The molecule has 0 unspecified atom stereocenters. The lowest BCUT2D eigenvalue weighted by Crippen LogP contribution is -2.28. The average molecular weight is 420 g/mol. The number of para-hydroxylation sites is 1. The Kier molecular flexibility index (Phi) is 6.31. The summed E-state index contributed by atoms with van der Waals surface area (Å²) in [6.07, 6.45) is 0. The normalized spacial score (nSPS) is 10.9. The van der Waals surface area contributed by atoms with E-state index in [0.29, 0.717) is 15.7 Å². The largest absolute Gasteiger partial charge is 0.341 e. The highest BCUT2D eigenvalue weighted by Gasteiger charge is 2.18. The predicted octanol–water partition coefficient (Wildman–Crippen LogP) is 3.82. The lowest BCUT2D eigenvalue weighted by atomic mass is 10.1. The fraction of sp³-hybridized carbons (Fsp3) is 0.263. The molecule has 3 aromatic rings. The highest BCUT2D eigenvalue weighted by Crippen LogP contribution is 2.24. The number of hydrogen-bond acceptors (Lipinski definition) is 5. The van der Waals surface area contributed by atoms with Gasteiger partial charge in [-0.3, -0.25) is 4.79 Å². The van der Waals surface area contributed by atoms with Crippen LogP contribution in [0.25, 0.3) is 5.69 Å². The Balaban J connectivity index is 1.70. The van der Waals surface area contributed by atoms with Crippen molar-refractivity contribution in [1.82, 2.24) is 25.1 Å². The van der Waals surface area contributed by atoms with E-state index in [4.69, 9.17) is 11.6 Å². The summed E-state index contributed by atoms with van der Waals surface area (Å²) in [5.41, 5.74) is 3.26. The summed E-state index contributed by atoms with van der Waals surface area (Å²) >= 11 is 7.27. The Morgan fingerprint density at radius 2 is 1.89 bits per heavy atom. The minimum atomic E-state index is -0.432. The predicted molar refractivity (Wildman–Crippen MR) is 107 cm³/mol. The second-order valence-corrected chi connectivity index (χ2v) is 7.70. The molecule has 9 heteroatoms. The molecule has 0 aliphatic rings. The van der Waals surface area contributed by atoms with E-state index in [1.807, 2.05) is 32.0 Å². The van der Waals surface area contributed by atoms with Gasteiger partial charge < -0.3 is 4.90 Å². The Bertz CT molecular complexity index is 969. The number of tetrazole rings is 1. The van der Waals surface area contributed by atoms with E-state index in [9.17, 15) is 9.18 Å². The van der Waals surface area contributed by atoms with E-state index in [-0.39, 0.29) is 18.2 Å². The maximum Gasteiger partial charge on any atom is 0.233 e. The van der Waals surface area contributed by atoms with Gasteiger partial charge in [-0.15, -0.1) is 5.10 Å². The summed E-state index contributed by atoms with van der Waals surface area (Å²) in [5.74, 6) is -0.493. The van der Waals surface area contributed by atoms with Crippen LogP contribution in [-0.4, -0.2) is 43.8 Å². The fourth-order valence-corrected chi connectivity index (χ4v) is 3.83. The average Bonchev–Trinajstić information content (AvgIpc) is 3.10. The molecule has 6 nitrogen and oxygen atoms in total. The highest BCUT2D eigenvalue weighted by molar-refractivity contribution is 7.99. The second-order valence-electron chi connectivity index (χ2n) is 6.35. The summed E-state index contributed by atoms with van der Waals surface area (Å²) < 4.78 is 15.6. The van der Waals surface area contributed by atoms with Gasteiger partial charge in [-0.2, -0.15) is 4.68 Å². The number of thioether (sulfide) groups is 1.